The molecule has 2 heterocycles. The van der Waals surface area contributed by atoms with Gasteiger partial charge in [-0.2, -0.15) is 0 Å². The molecule has 19 heavy (non-hydrogen) atoms. The first-order chi connectivity index (χ1) is 9.06. The van der Waals surface area contributed by atoms with Crippen LogP contribution >= 0.6 is 0 Å². The third-order valence-electron chi connectivity index (χ3n) is 4.02. The number of H-pyrrole nitrogens is 1. The Balaban J connectivity index is 2.34. The normalized spacial score (nSPS) is 25.6. The molecule has 1 N–H and O–H groups in total. The van der Waals surface area contributed by atoms with Gasteiger partial charge in [0.15, 0.2) is 0 Å². The summed E-state index contributed by atoms with van der Waals surface area (Å²) in [7, 11) is 1.66. The lowest BCUT2D eigenvalue weighted by Crippen LogP contribution is -2.39. The SMILES string of the molecule is CCC1(CC)O[C@@H](n2ccc(=O)[nH]c2=O)C[C@@H]1OC. The van der Waals surface area contributed by atoms with Crippen LogP contribution in [0.1, 0.15) is 39.3 Å². The van der Waals surface area contributed by atoms with Crippen LogP contribution in [0.25, 0.3) is 0 Å². The molecular weight excluding hydrogens is 248 g/mol. The molecule has 1 aliphatic heterocycles. The Morgan fingerprint density at radius 1 is 1.47 bits per heavy atom. The fourth-order valence-corrected chi connectivity index (χ4v) is 2.80. The summed E-state index contributed by atoms with van der Waals surface area (Å²) in [6, 6.07) is 1.32. The Labute approximate surface area is 111 Å². The Hall–Kier alpha value is -1.40. The number of aromatic amines is 1. The summed E-state index contributed by atoms with van der Waals surface area (Å²) in [6.07, 6.45) is 3.26. The summed E-state index contributed by atoms with van der Waals surface area (Å²) < 4.78 is 13.0. The van der Waals surface area contributed by atoms with E-state index in [9.17, 15) is 9.59 Å². The summed E-state index contributed by atoms with van der Waals surface area (Å²) in [6.45, 7) is 4.10. The first kappa shape index (κ1) is 14.0. The molecule has 2 atom stereocenters. The van der Waals surface area contributed by atoms with Crippen LogP contribution in [0.4, 0.5) is 0 Å². The number of ether oxygens (including phenoxy) is 2. The van der Waals surface area contributed by atoms with E-state index in [1.807, 2.05) is 13.8 Å². The van der Waals surface area contributed by atoms with Gasteiger partial charge in [0.05, 0.1) is 11.7 Å². The molecule has 0 aromatic carbocycles. The largest absolute Gasteiger partial charge is 0.378 e. The molecular formula is C13H20N2O4. The second-order valence-corrected chi connectivity index (χ2v) is 4.82. The maximum Gasteiger partial charge on any atom is 0.330 e. The molecule has 0 radical (unpaired) electrons. The fourth-order valence-electron chi connectivity index (χ4n) is 2.80. The molecule has 1 fully saturated rings. The van der Waals surface area contributed by atoms with E-state index in [4.69, 9.17) is 9.47 Å². The number of nitrogens with zero attached hydrogens (tertiary/aromatic N) is 1. The Morgan fingerprint density at radius 3 is 2.63 bits per heavy atom. The first-order valence-corrected chi connectivity index (χ1v) is 6.58. The molecule has 0 spiro atoms. The lowest BCUT2D eigenvalue weighted by Gasteiger charge is -2.31. The van der Waals surface area contributed by atoms with Gasteiger partial charge in [-0.05, 0) is 12.8 Å². The molecule has 1 saturated heterocycles. The van der Waals surface area contributed by atoms with Crippen LogP contribution in [-0.4, -0.2) is 28.4 Å². The number of hydrogen-bond donors (Lipinski definition) is 1. The second kappa shape index (κ2) is 5.30. The molecule has 0 amide bonds. The van der Waals surface area contributed by atoms with E-state index in [1.54, 1.807) is 7.11 Å². The van der Waals surface area contributed by atoms with Crippen molar-refractivity contribution in [1.29, 1.82) is 0 Å². The van der Waals surface area contributed by atoms with Gasteiger partial charge in [0.25, 0.3) is 5.56 Å². The van der Waals surface area contributed by atoms with E-state index in [1.165, 1.54) is 16.8 Å². The average Bonchev–Trinajstić information content (AvgIpc) is 2.78. The monoisotopic (exact) mass is 268 g/mol. The van der Waals surface area contributed by atoms with Crippen LogP contribution in [0.5, 0.6) is 0 Å². The minimum Gasteiger partial charge on any atom is -0.378 e. The van der Waals surface area contributed by atoms with E-state index in [0.29, 0.717) is 6.42 Å². The summed E-state index contributed by atoms with van der Waals surface area (Å²) in [5.74, 6) is 0. The maximum absolute atomic E-state index is 11.8. The molecule has 0 saturated carbocycles. The highest BCUT2D eigenvalue weighted by Gasteiger charge is 2.47. The van der Waals surface area contributed by atoms with Crippen molar-refractivity contribution in [3.63, 3.8) is 0 Å². The lowest BCUT2D eigenvalue weighted by molar-refractivity contribution is -0.115. The van der Waals surface area contributed by atoms with Gasteiger partial charge in [-0.1, -0.05) is 13.8 Å². The highest BCUT2D eigenvalue weighted by Crippen LogP contribution is 2.41. The van der Waals surface area contributed by atoms with Gasteiger partial charge in [0, 0.05) is 25.8 Å². The molecule has 1 aromatic rings. The predicted molar refractivity (Wildman–Crippen MR) is 70.2 cm³/mol. The highest BCUT2D eigenvalue weighted by atomic mass is 16.6. The number of rotatable bonds is 4. The van der Waals surface area contributed by atoms with E-state index >= 15 is 0 Å². The van der Waals surface area contributed by atoms with E-state index in [-0.39, 0.29) is 11.7 Å². The predicted octanol–water partition coefficient (Wildman–Crippen LogP) is 1.03. The number of aromatic nitrogens is 2. The topological polar surface area (TPSA) is 73.3 Å². The van der Waals surface area contributed by atoms with Gasteiger partial charge in [-0.25, -0.2) is 4.79 Å². The third kappa shape index (κ3) is 2.37. The van der Waals surface area contributed by atoms with Gasteiger partial charge in [0.1, 0.15) is 6.23 Å². The molecule has 6 heteroatoms. The van der Waals surface area contributed by atoms with Crippen molar-refractivity contribution in [3.8, 4) is 0 Å². The Morgan fingerprint density at radius 2 is 2.16 bits per heavy atom. The minimum absolute atomic E-state index is 0.0497. The second-order valence-electron chi connectivity index (χ2n) is 4.82. The third-order valence-corrected chi connectivity index (χ3v) is 4.02. The molecule has 1 aliphatic rings. The van der Waals surface area contributed by atoms with Crippen molar-refractivity contribution in [2.24, 2.45) is 0 Å². The van der Waals surface area contributed by atoms with Crippen LogP contribution in [0.3, 0.4) is 0 Å². The zero-order valence-corrected chi connectivity index (χ0v) is 11.5. The van der Waals surface area contributed by atoms with Crippen molar-refractivity contribution < 1.29 is 9.47 Å². The maximum atomic E-state index is 11.8. The lowest BCUT2D eigenvalue weighted by atomic mass is 9.91. The van der Waals surface area contributed by atoms with Gasteiger partial charge < -0.3 is 9.47 Å². The number of methoxy groups -OCH3 is 1. The van der Waals surface area contributed by atoms with Crippen LogP contribution in [-0.2, 0) is 9.47 Å². The summed E-state index contributed by atoms with van der Waals surface area (Å²) in [5.41, 5.74) is -1.22. The van der Waals surface area contributed by atoms with Crippen LogP contribution in [0.15, 0.2) is 21.9 Å². The smallest absolute Gasteiger partial charge is 0.330 e. The fraction of sp³-hybridized carbons (Fsp3) is 0.692. The van der Waals surface area contributed by atoms with Crippen molar-refractivity contribution in [1.82, 2.24) is 9.55 Å². The summed E-state index contributed by atoms with van der Waals surface area (Å²) in [5, 5.41) is 0. The molecule has 6 nitrogen and oxygen atoms in total. The van der Waals surface area contributed by atoms with Crippen LogP contribution < -0.4 is 11.2 Å². The molecule has 2 rings (SSSR count). The van der Waals surface area contributed by atoms with Crippen LogP contribution in [0.2, 0.25) is 0 Å². The first-order valence-electron chi connectivity index (χ1n) is 6.58. The highest BCUT2D eigenvalue weighted by molar-refractivity contribution is 4.96. The van der Waals surface area contributed by atoms with E-state index < -0.39 is 17.5 Å². The Bertz CT molecular complexity index is 544. The molecule has 1 aromatic heterocycles. The number of hydrogen-bond acceptors (Lipinski definition) is 4. The molecule has 0 aliphatic carbocycles. The van der Waals surface area contributed by atoms with E-state index in [2.05, 4.69) is 4.98 Å². The minimum atomic E-state index is -0.449. The van der Waals surface area contributed by atoms with Gasteiger partial charge in [-0.3, -0.25) is 14.3 Å². The summed E-state index contributed by atoms with van der Waals surface area (Å²) in [4.78, 5) is 25.1. The van der Waals surface area contributed by atoms with Crippen molar-refractivity contribution in [3.05, 3.63) is 33.1 Å². The number of nitrogens with one attached hydrogen (secondary N) is 1. The van der Waals surface area contributed by atoms with Gasteiger partial charge >= 0.3 is 5.69 Å². The standard InChI is InChI=1S/C13H20N2O4/c1-4-13(5-2)9(18-3)8-11(19-13)15-7-6-10(16)14-12(15)17/h6-7,9,11H,4-5,8H2,1-3H3,(H,14,16,17)/t9-,11+/m0/s1. The molecule has 106 valence electrons. The van der Waals surface area contributed by atoms with Crippen molar-refractivity contribution in [2.45, 2.75) is 51.0 Å². The quantitative estimate of drug-likeness (QED) is 0.885. The van der Waals surface area contributed by atoms with E-state index in [0.717, 1.165) is 12.8 Å². The zero-order valence-electron chi connectivity index (χ0n) is 11.5. The molecule has 0 bridgehead atoms. The van der Waals surface area contributed by atoms with Crippen molar-refractivity contribution >= 4 is 0 Å². The van der Waals surface area contributed by atoms with Crippen molar-refractivity contribution in [2.75, 3.05) is 7.11 Å². The van der Waals surface area contributed by atoms with Gasteiger partial charge in [-0.15, -0.1) is 0 Å². The average molecular weight is 268 g/mol. The van der Waals surface area contributed by atoms with Gasteiger partial charge in [0.2, 0.25) is 0 Å². The van der Waals surface area contributed by atoms with Crippen LogP contribution in [0, 0.1) is 0 Å². The Kier molecular flexibility index (Phi) is 3.91. The zero-order chi connectivity index (χ0) is 14.0. The molecule has 0 unspecified atom stereocenters. The summed E-state index contributed by atoms with van der Waals surface area (Å²) >= 11 is 0.